The maximum absolute atomic E-state index is 12.4. The number of anilines is 1. The van der Waals surface area contributed by atoms with Crippen LogP contribution in [0.15, 0.2) is 35.2 Å². The summed E-state index contributed by atoms with van der Waals surface area (Å²) in [5, 5.41) is 0. The van der Waals surface area contributed by atoms with Crippen LogP contribution in [0.1, 0.15) is 19.4 Å². The molecule has 0 heterocycles. The molecule has 0 fully saturated rings. The van der Waals surface area contributed by atoms with Crippen LogP contribution in [0.2, 0.25) is 0 Å². The second-order valence-corrected chi connectivity index (χ2v) is 6.41. The Balaban J connectivity index is 3.22. The minimum absolute atomic E-state index is 0.239. The van der Waals surface area contributed by atoms with Gasteiger partial charge < -0.3 is 5.73 Å². The van der Waals surface area contributed by atoms with Crippen LogP contribution >= 0.6 is 0 Å². The summed E-state index contributed by atoms with van der Waals surface area (Å²) in [6.07, 6.45) is 0. The van der Waals surface area contributed by atoms with Crippen LogP contribution in [-0.4, -0.2) is 25.8 Å². The molecule has 4 nitrogen and oxygen atoms in total. The predicted octanol–water partition coefficient (Wildman–Crippen LogP) is 2.16. The topological polar surface area (TPSA) is 63.4 Å². The molecule has 0 aliphatic carbocycles. The Kier molecular flexibility index (Phi) is 4.53. The van der Waals surface area contributed by atoms with Crippen LogP contribution in [0.3, 0.4) is 0 Å². The van der Waals surface area contributed by atoms with Gasteiger partial charge in [-0.25, -0.2) is 8.42 Å². The van der Waals surface area contributed by atoms with Gasteiger partial charge in [0.1, 0.15) is 0 Å². The number of rotatable bonds is 5. The molecular weight excluding hydrogens is 248 g/mol. The molecule has 0 radical (unpaired) electrons. The molecule has 0 aromatic heterocycles. The Hall–Kier alpha value is -1.33. The van der Waals surface area contributed by atoms with Gasteiger partial charge in [0.05, 0.1) is 4.90 Å². The summed E-state index contributed by atoms with van der Waals surface area (Å²) in [7, 11) is -3.50. The maximum atomic E-state index is 12.4. The lowest BCUT2D eigenvalue weighted by Crippen LogP contribution is -2.32. The Bertz CT molecular complexity index is 530. The van der Waals surface area contributed by atoms with Gasteiger partial charge in [0.25, 0.3) is 0 Å². The van der Waals surface area contributed by atoms with Gasteiger partial charge in [0.2, 0.25) is 10.0 Å². The fourth-order valence-corrected chi connectivity index (χ4v) is 3.39. The van der Waals surface area contributed by atoms with Crippen LogP contribution < -0.4 is 5.73 Å². The van der Waals surface area contributed by atoms with Gasteiger partial charge in [-0.3, -0.25) is 0 Å². The normalized spacial score (nSPS) is 11.8. The molecule has 0 spiro atoms. The van der Waals surface area contributed by atoms with Gasteiger partial charge in [0, 0.05) is 18.8 Å². The molecule has 0 atom stereocenters. The fourth-order valence-electron chi connectivity index (χ4n) is 1.74. The van der Waals surface area contributed by atoms with Crippen molar-refractivity contribution < 1.29 is 8.42 Å². The van der Waals surface area contributed by atoms with Crippen molar-refractivity contribution in [1.29, 1.82) is 0 Å². The molecule has 0 unspecified atom stereocenters. The Morgan fingerprint density at radius 3 is 2.44 bits per heavy atom. The zero-order valence-electron chi connectivity index (χ0n) is 11.1. The average Bonchev–Trinajstić information content (AvgIpc) is 2.24. The van der Waals surface area contributed by atoms with Crippen molar-refractivity contribution in [3.8, 4) is 0 Å². The molecule has 1 aromatic rings. The fraction of sp³-hybridized carbons (Fsp3) is 0.385. The first-order chi connectivity index (χ1) is 8.27. The molecule has 0 bridgehead atoms. The van der Waals surface area contributed by atoms with E-state index >= 15 is 0 Å². The van der Waals surface area contributed by atoms with E-state index in [1.165, 1.54) is 10.4 Å². The van der Waals surface area contributed by atoms with E-state index in [9.17, 15) is 8.42 Å². The first kappa shape index (κ1) is 14.7. The van der Waals surface area contributed by atoms with E-state index in [1.54, 1.807) is 19.1 Å². The summed E-state index contributed by atoms with van der Waals surface area (Å²) in [6, 6.07) is 4.87. The highest BCUT2D eigenvalue weighted by molar-refractivity contribution is 7.89. The maximum Gasteiger partial charge on any atom is 0.243 e. The van der Waals surface area contributed by atoms with E-state index in [1.807, 2.05) is 13.8 Å². The van der Waals surface area contributed by atoms with E-state index < -0.39 is 10.0 Å². The van der Waals surface area contributed by atoms with Crippen LogP contribution in [-0.2, 0) is 10.0 Å². The number of nitrogens with zero attached hydrogens (tertiary/aromatic N) is 1. The van der Waals surface area contributed by atoms with Crippen molar-refractivity contribution in [1.82, 2.24) is 4.31 Å². The number of hydrogen-bond acceptors (Lipinski definition) is 3. The predicted molar refractivity (Wildman–Crippen MR) is 74.8 cm³/mol. The lowest BCUT2D eigenvalue weighted by Gasteiger charge is -2.21. The zero-order chi connectivity index (χ0) is 13.9. The summed E-state index contributed by atoms with van der Waals surface area (Å²) in [5.74, 6) is 0. The number of likely N-dealkylation sites (N-methyl/N-ethyl adjacent to an activating group) is 1. The summed E-state index contributed by atoms with van der Waals surface area (Å²) < 4.78 is 26.3. The summed E-state index contributed by atoms with van der Waals surface area (Å²) in [5.41, 5.74) is 7.80. The van der Waals surface area contributed by atoms with Gasteiger partial charge in [-0.1, -0.05) is 19.1 Å². The smallest absolute Gasteiger partial charge is 0.243 e. The molecule has 5 heteroatoms. The van der Waals surface area contributed by atoms with Gasteiger partial charge in [-0.05, 0) is 37.6 Å². The SMILES string of the molecule is C=C(C)CN(CC)S(=O)(=O)c1cc(C)cc(N)c1. The number of benzene rings is 1. The second-order valence-electron chi connectivity index (χ2n) is 4.47. The van der Waals surface area contributed by atoms with Crippen molar-refractivity contribution in [3.05, 3.63) is 35.9 Å². The van der Waals surface area contributed by atoms with E-state index in [0.717, 1.165) is 11.1 Å². The molecular formula is C13H20N2O2S. The molecule has 0 aliphatic heterocycles. The number of nitrogens with two attached hydrogens (primary N) is 1. The third kappa shape index (κ3) is 3.34. The molecule has 2 N–H and O–H groups in total. The van der Waals surface area contributed by atoms with Gasteiger partial charge in [-0.2, -0.15) is 4.31 Å². The molecule has 100 valence electrons. The third-order valence-corrected chi connectivity index (χ3v) is 4.41. The van der Waals surface area contributed by atoms with Crippen LogP contribution in [0.5, 0.6) is 0 Å². The molecule has 0 amide bonds. The summed E-state index contributed by atoms with van der Waals surface area (Å²) >= 11 is 0. The largest absolute Gasteiger partial charge is 0.399 e. The van der Waals surface area contributed by atoms with E-state index in [0.29, 0.717) is 18.8 Å². The van der Waals surface area contributed by atoms with E-state index in [-0.39, 0.29) is 4.90 Å². The molecule has 1 rings (SSSR count). The van der Waals surface area contributed by atoms with E-state index in [2.05, 4.69) is 6.58 Å². The number of hydrogen-bond donors (Lipinski definition) is 1. The van der Waals surface area contributed by atoms with Crippen LogP contribution in [0, 0.1) is 6.92 Å². The number of sulfonamides is 1. The van der Waals surface area contributed by atoms with Gasteiger partial charge in [0.15, 0.2) is 0 Å². The second kappa shape index (κ2) is 5.54. The molecule has 0 saturated heterocycles. The highest BCUT2D eigenvalue weighted by atomic mass is 32.2. The van der Waals surface area contributed by atoms with Crippen LogP contribution in [0.4, 0.5) is 5.69 Å². The monoisotopic (exact) mass is 268 g/mol. The Morgan fingerprint density at radius 2 is 2.00 bits per heavy atom. The third-order valence-electron chi connectivity index (χ3n) is 2.51. The number of nitrogen functional groups attached to an aromatic ring is 1. The van der Waals surface area contributed by atoms with Crippen molar-refractivity contribution in [2.45, 2.75) is 25.7 Å². The Morgan fingerprint density at radius 1 is 1.39 bits per heavy atom. The average molecular weight is 268 g/mol. The first-order valence-corrected chi connectivity index (χ1v) is 7.23. The quantitative estimate of drug-likeness (QED) is 0.657. The molecule has 0 saturated carbocycles. The molecule has 1 aromatic carbocycles. The highest BCUT2D eigenvalue weighted by Crippen LogP contribution is 2.20. The Labute approximate surface area is 109 Å². The lowest BCUT2D eigenvalue weighted by molar-refractivity contribution is 0.453. The van der Waals surface area contributed by atoms with Crippen molar-refractivity contribution in [2.75, 3.05) is 18.8 Å². The van der Waals surface area contributed by atoms with Crippen molar-refractivity contribution in [3.63, 3.8) is 0 Å². The van der Waals surface area contributed by atoms with Crippen molar-refractivity contribution in [2.24, 2.45) is 0 Å². The molecule has 0 aliphatic rings. The molecule has 18 heavy (non-hydrogen) atoms. The van der Waals surface area contributed by atoms with E-state index in [4.69, 9.17) is 5.73 Å². The van der Waals surface area contributed by atoms with Crippen molar-refractivity contribution >= 4 is 15.7 Å². The summed E-state index contributed by atoms with van der Waals surface area (Å²) in [6.45, 7) is 9.92. The van der Waals surface area contributed by atoms with Gasteiger partial charge >= 0.3 is 0 Å². The highest BCUT2D eigenvalue weighted by Gasteiger charge is 2.23. The first-order valence-electron chi connectivity index (χ1n) is 5.79. The van der Waals surface area contributed by atoms with Crippen LogP contribution in [0.25, 0.3) is 0 Å². The minimum atomic E-state index is -3.50. The lowest BCUT2D eigenvalue weighted by atomic mass is 10.2. The summed E-state index contributed by atoms with van der Waals surface area (Å²) in [4.78, 5) is 0.239. The standard InChI is InChI=1S/C13H20N2O2S/c1-5-15(9-10(2)3)18(16,17)13-7-11(4)6-12(14)8-13/h6-8H,2,5,9,14H2,1,3-4H3. The minimum Gasteiger partial charge on any atom is -0.399 e. The zero-order valence-corrected chi connectivity index (χ0v) is 11.9. The van der Waals surface area contributed by atoms with Gasteiger partial charge in [-0.15, -0.1) is 0 Å². The number of aryl methyl sites for hydroxylation is 1.